The number of aryl methyl sites for hydroxylation is 1. The summed E-state index contributed by atoms with van der Waals surface area (Å²) in [6.45, 7) is 20.3. The van der Waals surface area contributed by atoms with Crippen molar-refractivity contribution in [3.63, 3.8) is 0 Å². The fourth-order valence-corrected chi connectivity index (χ4v) is 11.2. The van der Waals surface area contributed by atoms with Crippen molar-refractivity contribution in [3.05, 3.63) is 167 Å². The first-order chi connectivity index (χ1) is 32.4. The van der Waals surface area contributed by atoms with Gasteiger partial charge in [-0.05, 0) is 183 Å². The van der Waals surface area contributed by atoms with E-state index < -0.39 is 0 Å². The van der Waals surface area contributed by atoms with Crippen LogP contribution in [0.1, 0.15) is 107 Å². The van der Waals surface area contributed by atoms with Gasteiger partial charge in [-0.3, -0.25) is 0 Å². The number of furan rings is 2. The van der Waals surface area contributed by atoms with E-state index in [9.17, 15) is 0 Å². The fourth-order valence-electron chi connectivity index (χ4n) is 11.2. The van der Waals surface area contributed by atoms with Gasteiger partial charge in [0.15, 0.2) is 0 Å². The topological polar surface area (TPSA) is 36.1 Å². The summed E-state index contributed by atoms with van der Waals surface area (Å²) in [5.41, 5.74) is 17.3. The Labute approximate surface area is 390 Å². The molecule has 4 heterocycles. The van der Waals surface area contributed by atoms with Crippen molar-refractivity contribution >= 4 is 109 Å². The average molecular weight is 871 g/mol. The summed E-state index contributed by atoms with van der Waals surface area (Å²) in [4.78, 5) is 0. The third kappa shape index (κ3) is 5.91. The van der Waals surface area contributed by atoms with E-state index in [2.05, 4.69) is 211 Å². The summed E-state index contributed by atoms with van der Waals surface area (Å²) in [5.74, 6) is 1.82. The van der Waals surface area contributed by atoms with Gasteiger partial charge in [-0.25, -0.2) is 0 Å². The zero-order chi connectivity index (χ0) is 45.7. The Morgan fingerprint density at radius 3 is 1.12 bits per heavy atom. The molecular formula is C63H54N2O2. The summed E-state index contributed by atoms with van der Waals surface area (Å²) in [6.07, 6.45) is 0. The van der Waals surface area contributed by atoms with Crippen molar-refractivity contribution in [2.24, 2.45) is 0 Å². The number of hydrogen-bond donors (Lipinski definition) is 0. The maximum absolute atomic E-state index is 6.86. The number of rotatable bonds is 6. The van der Waals surface area contributed by atoms with E-state index in [-0.39, 0.29) is 0 Å². The van der Waals surface area contributed by atoms with Crippen LogP contribution in [0.4, 0.5) is 0 Å². The fraction of sp³-hybridized carbons (Fsp3) is 0.206. The Balaban J connectivity index is 0.964. The predicted molar refractivity (Wildman–Crippen MR) is 286 cm³/mol. The lowest BCUT2D eigenvalue weighted by Crippen LogP contribution is -1.95. The molecule has 0 atom stereocenters. The summed E-state index contributed by atoms with van der Waals surface area (Å²) in [6, 6.07) is 53.1. The van der Waals surface area contributed by atoms with Gasteiger partial charge in [0, 0.05) is 54.5 Å². The smallest absolute Gasteiger partial charge is 0.139 e. The molecule has 13 aromatic rings. The first kappa shape index (κ1) is 40.0. The van der Waals surface area contributed by atoms with Crippen LogP contribution in [0.15, 0.2) is 148 Å². The molecule has 0 aliphatic heterocycles. The highest BCUT2D eigenvalue weighted by atomic mass is 16.3. The minimum Gasteiger partial charge on any atom is -0.456 e. The van der Waals surface area contributed by atoms with E-state index in [1.54, 1.807) is 0 Å². The molecule has 0 aliphatic carbocycles. The van der Waals surface area contributed by atoms with Crippen LogP contribution in [0, 0.1) is 6.92 Å². The van der Waals surface area contributed by atoms with Gasteiger partial charge in [-0.1, -0.05) is 91.8 Å². The van der Waals surface area contributed by atoms with Gasteiger partial charge in [-0.2, -0.15) is 0 Å². The Hall–Kier alpha value is -7.30. The Kier molecular flexibility index (Phi) is 8.57. The van der Waals surface area contributed by atoms with Gasteiger partial charge in [0.05, 0.1) is 22.1 Å². The second kappa shape index (κ2) is 14.3. The molecule has 4 aromatic heterocycles. The highest BCUT2D eigenvalue weighted by molar-refractivity contribution is 6.28. The first-order valence-electron chi connectivity index (χ1n) is 24.2. The van der Waals surface area contributed by atoms with E-state index in [0.29, 0.717) is 23.7 Å². The summed E-state index contributed by atoms with van der Waals surface area (Å²) < 4.78 is 18.6. The first-order valence-corrected chi connectivity index (χ1v) is 24.2. The molecule has 67 heavy (non-hydrogen) atoms. The molecule has 0 fully saturated rings. The maximum atomic E-state index is 6.86. The van der Waals surface area contributed by atoms with E-state index in [4.69, 9.17) is 8.83 Å². The molecular weight excluding hydrogens is 817 g/mol. The Morgan fingerprint density at radius 1 is 0.328 bits per heavy atom. The monoisotopic (exact) mass is 870 g/mol. The third-order valence-corrected chi connectivity index (χ3v) is 15.1. The van der Waals surface area contributed by atoms with Crippen LogP contribution in [0.3, 0.4) is 0 Å². The van der Waals surface area contributed by atoms with Crippen LogP contribution in [0.2, 0.25) is 0 Å². The highest BCUT2D eigenvalue weighted by Crippen LogP contribution is 2.45. The van der Waals surface area contributed by atoms with Crippen molar-refractivity contribution in [1.29, 1.82) is 0 Å². The zero-order valence-electron chi connectivity index (χ0n) is 39.8. The Bertz CT molecular complexity index is 4110. The number of hydrogen-bond acceptors (Lipinski definition) is 2. The molecule has 0 unspecified atom stereocenters. The zero-order valence-corrected chi connectivity index (χ0v) is 39.8. The predicted octanol–water partition coefficient (Wildman–Crippen LogP) is 18.8. The van der Waals surface area contributed by atoms with E-state index >= 15 is 0 Å². The molecule has 13 rings (SSSR count). The quantitative estimate of drug-likeness (QED) is 0.167. The van der Waals surface area contributed by atoms with Crippen molar-refractivity contribution in [1.82, 2.24) is 9.13 Å². The summed E-state index contributed by atoms with van der Waals surface area (Å²) in [7, 11) is 0. The third-order valence-electron chi connectivity index (χ3n) is 15.1. The minimum absolute atomic E-state index is 0.454. The van der Waals surface area contributed by atoms with E-state index in [1.807, 2.05) is 0 Å². The lowest BCUT2D eigenvalue weighted by atomic mass is 9.98. The van der Waals surface area contributed by atoms with Gasteiger partial charge in [-0.15, -0.1) is 0 Å². The van der Waals surface area contributed by atoms with E-state index in [0.717, 1.165) is 71.6 Å². The second-order valence-corrected chi connectivity index (χ2v) is 20.6. The van der Waals surface area contributed by atoms with Crippen molar-refractivity contribution < 1.29 is 8.83 Å². The van der Waals surface area contributed by atoms with Gasteiger partial charge >= 0.3 is 0 Å². The molecule has 9 aromatic carbocycles. The summed E-state index contributed by atoms with van der Waals surface area (Å²) >= 11 is 0. The number of nitrogens with zero attached hydrogens (tertiary/aromatic N) is 2. The number of aromatic nitrogens is 2. The molecule has 0 radical (unpaired) electrons. The molecule has 4 heteroatoms. The van der Waals surface area contributed by atoms with Crippen LogP contribution < -0.4 is 0 Å². The lowest BCUT2D eigenvalue weighted by Gasteiger charge is -2.11. The highest BCUT2D eigenvalue weighted by Gasteiger charge is 2.22. The van der Waals surface area contributed by atoms with Gasteiger partial charge in [0.25, 0.3) is 0 Å². The minimum atomic E-state index is 0.454. The van der Waals surface area contributed by atoms with Crippen LogP contribution in [0.25, 0.3) is 120 Å². The molecule has 0 saturated heterocycles. The van der Waals surface area contributed by atoms with Gasteiger partial charge < -0.3 is 18.0 Å². The van der Waals surface area contributed by atoms with Crippen LogP contribution in [0.5, 0.6) is 0 Å². The van der Waals surface area contributed by atoms with Crippen LogP contribution in [-0.4, -0.2) is 9.13 Å². The van der Waals surface area contributed by atoms with E-state index in [1.165, 1.54) is 76.6 Å². The lowest BCUT2D eigenvalue weighted by molar-refractivity contribution is 0.660. The molecule has 0 saturated carbocycles. The number of benzene rings is 9. The normalized spacial score (nSPS) is 12.8. The number of fused-ring (bicyclic) bond motifs is 15. The average Bonchev–Trinajstić information content (AvgIpc) is 4.06. The van der Waals surface area contributed by atoms with Crippen LogP contribution >= 0.6 is 0 Å². The Morgan fingerprint density at radius 2 is 0.716 bits per heavy atom. The molecule has 0 aliphatic rings. The molecule has 0 N–H and O–H groups in total. The van der Waals surface area contributed by atoms with Crippen molar-refractivity contribution in [3.8, 4) is 11.4 Å². The largest absolute Gasteiger partial charge is 0.456 e. The van der Waals surface area contributed by atoms with Gasteiger partial charge in [0.2, 0.25) is 0 Å². The SMILES string of the molecule is Cc1cc2oc3cc4cc(-n5c6ccc(C(C)C)cc6c6cc(C(C)C)ccc65)ccc4cc3c2c2c1oc1cc3cc(-n4c5ccc(C(C)C)cc5c5cc(C(C)C)ccc54)ccc3cc12. The van der Waals surface area contributed by atoms with Crippen molar-refractivity contribution in [2.75, 3.05) is 0 Å². The molecule has 4 nitrogen and oxygen atoms in total. The molecule has 0 amide bonds. The maximum Gasteiger partial charge on any atom is 0.139 e. The summed E-state index contributed by atoms with van der Waals surface area (Å²) in [5, 5.41) is 14.3. The molecule has 0 bridgehead atoms. The molecule has 0 spiro atoms. The second-order valence-electron chi connectivity index (χ2n) is 20.6. The molecule has 328 valence electrons. The standard InChI is InChI=1S/C63H54N2O2/c1-33(2)38-12-18-54-48(25-38)49-26-39(34(3)4)13-19-55(49)64(54)46-16-10-42-29-52-58(31-44(42)23-46)66-60-22-37(9)63-62(61(52)60)53-30-43-11-17-47(24-45(43)32-59(53)67-63)65-56-20-14-40(35(5)6)27-50(56)51-28-41(36(7)8)15-21-57(51)65/h10-36H,1-9H3. The van der Waals surface area contributed by atoms with Gasteiger partial charge in [0.1, 0.15) is 22.3 Å². The van der Waals surface area contributed by atoms with Crippen molar-refractivity contribution in [2.45, 2.75) is 86.0 Å². The van der Waals surface area contributed by atoms with Crippen LogP contribution in [-0.2, 0) is 0 Å².